The first kappa shape index (κ1) is 14.7. The summed E-state index contributed by atoms with van der Waals surface area (Å²) in [6.07, 6.45) is 5.50. The van der Waals surface area contributed by atoms with Crippen LogP contribution in [0.5, 0.6) is 0 Å². The van der Waals surface area contributed by atoms with Gasteiger partial charge in [0.1, 0.15) is 16.7 Å². The summed E-state index contributed by atoms with van der Waals surface area (Å²) in [6.45, 7) is 7.06. The number of aryl methyl sites for hydroxylation is 2. The molecule has 0 aliphatic rings. The Bertz CT molecular complexity index is 556. The number of hydrogen-bond donors (Lipinski definition) is 1. The molecule has 1 N–H and O–H groups in total. The van der Waals surface area contributed by atoms with E-state index in [0.717, 1.165) is 41.6 Å². The predicted molar refractivity (Wildman–Crippen MR) is 81.1 cm³/mol. The Morgan fingerprint density at radius 1 is 1.15 bits per heavy atom. The summed E-state index contributed by atoms with van der Waals surface area (Å²) >= 11 is 1.46. The van der Waals surface area contributed by atoms with Crippen molar-refractivity contribution in [3.8, 4) is 0 Å². The molecule has 0 radical (unpaired) electrons. The van der Waals surface area contributed by atoms with Gasteiger partial charge in [0.2, 0.25) is 0 Å². The summed E-state index contributed by atoms with van der Waals surface area (Å²) in [5.74, 6) is 1.70. The van der Waals surface area contributed by atoms with E-state index < -0.39 is 0 Å². The van der Waals surface area contributed by atoms with Crippen LogP contribution in [0.1, 0.15) is 31.7 Å². The normalized spacial score (nSPS) is 10.6. The Morgan fingerprint density at radius 3 is 2.55 bits per heavy atom. The van der Waals surface area contributed by atoms with Crippen molar-refractivity contribution in [2.45, 2.75) is 43.8 Å². The molecule has 2 rings (SSSR count). The van der Waals surface area contributed by atoms with E-state index in [1.54, 1.807) is 0 Å². The number of hydrogen-bond acceptors (Lipinski definition) is 6. The second kappa shape index (κ2) is 7.19. The van der Waals surface area contributed by atoms with Crippen LogP contribution in [-0.4, -0.2) is 26.5 Å². The fourth-order valence-corrected chi connectivity index (χ4v) is 2.27. The van der Waals surface area contributed by atoms with Crippen molar-refractivity contribution in [1.82, 2.24) is 19.9 Å². The van der Waals surface area contributed by atoms with Crippen LogP contribution in [-0.2, 0) is 6.42 Å². The largest absolute Gasteiger partial charge is 0.370 e. The standard InChI is InChI=1S/C14H19N5S/c1-4-6-15-12-7-13(19-11(5-2)18-12)20-14-16-8-10(3)9-17-14/h7-9H,4-6H2,1-3H3,(H,15,18,19). The molecular formula is C14H19N5S. The van der Waals surface area contributed by atoms with E-state index in [1.807, 2.05) is 25.4 Å². The van der Waals surface area contributed by atoms with Crippen molar-refractivity contribution in [2.75, 3.05) is 11.9 Å². The maximum Gasteiger partial charge on any atom is 0.193 e. The zero-order valence-corrected chi connectivity index (χ0v) is 12.9. The van der Waals surface area contributed by atoms with Crippen LogP contribution < -0.4 is 5.32 Å². The highest BCUT2D eigenvalue weighted by molar-refractivity contribution is 7.99. The van der Waals surface area contributed by atoms with Crippen LogP contribution in [0, 0.1) is 6.92 Å². The molecule has 0 aromatic carbocycles. The van der Waals surface area contributed by atoms with Crippen LogP contribution >= 0.6 is 11.8 Å². The van der Waals surface area contributed by atoms with E-state index in [2.05, 4.69) is 39.1 Å². The Kier molecular flexibility index (Phi) is 5.29. The molecule has 106 valence electrons. The molecule has 6 heteroatoms. The third kappa shape index (κ3) is 4.16. The van der Waals surface area contributed by atoms with Gasteiger partial charge in [0, 0.05) is 31.4 Å². The molecule has 0 bridgehead atoms. The van der Waals surface area contributed by atoms with Gasteiger partial charge in [-0.05, 0) is 30.7 Å². The van der Waals surface area contributed by atoms with Crippen molar-refractivity contribution in [2.24, 2.45) is 0 Å². The van der Waals surface area contributed by atoms with Crippen LogP contribution in [0.15, 0.2) is 28.6 Å². The van der Waals surface area contributed by atoms with Gasteiger partial charge in [-0.15, -0.1) is 0 Å². The number of nitrogens with one attached hydrogen (secondary N) is 1. The maximum atomic E-state index is 4.51. The smallest absolute Gasteiger partial charge is 0.193 e. The highest BCUT2D eigenvalue weighted by Crippen LogP contribution is 2.24. The molecule has 0 amide bonds. The zero-order chi connectivity index (χ0) is 14.4. The number of anilines is 1. The van der Waals surface area contributed by atoms with Crippen molar-refractivity contribution in [3.05, 3.63) is 29.8 Å². The van der Waals surface area contributed by atoms with Gasteiger partial charge < -0.3 is 5.32 Å². The van der Waals surface area contributed by atoms with Crippen LogP contribution in [0.3, 0.4) is 0 Å². The van der Waals surface area contributed by atoms with E-state index in [4.69, 9.17) is 0 Å². The van der Waals surface area contributed by atoms with Gasteiger partial charge in [-0.2, -0.15) is 0 Å². The van der Waals surface area contributed by atoms with E-state index >= 15 is 0 Å². The number of nitrogens with zero attached hydrogens (tertiary/aromatic N) is 4. The quantitative estimate of drug-likeness (QED) is 0.651. The van der Waals surface area contributed by atoms with Gasteiger partial charge >= 0.3 is 0 Å². The Balaban J connectivity index is 2.19. The molecular weight excluding hydrogens is 270 g/mol. The second-order valence-corrected chi connectivity index (χ2v) is 5.42. The average molecular weight is 289 g/mol. The average Bonchev–Trinajstić information content (AvgIpc) is 2.47. The Morgan fingerprint density at radius 2 is 1.90 bits per heavy atom. The van der Waals surface area contributed by atoms with Crippen LogP contribution in [0.2, 0.25) is 0 Å². The van der Waals surface area contributed by atoms with Crippen molar-refractivity contribution < 1.29 is 0 Å². The molecule has 5 nitrogen and oxygen atoms in total. The fraction of sp³-hybridized carbons (Fsp3) is 0.429. The molecule has 0 fully saturated rings. The summed E-state index contributed by atoms with van der Waals surface area (Å²) in [7, 11) is 0. The van der Waals surface area contributed by atoms with E-state index in [-0.39, 0.29) is 0 Å². The predicted octanol–water partition coefficient (Wildman–Crippen LogP) is 3.11. The molecule has 20 heavy (non-hydrogen) atoms. The molecule has 0 saturated carbocycles. The SMILES string of the molecule is CCCNc1cc(Sc2ncc(C)cn2)nc(CC)n1. The summed E-state index contributed by atoms with van der Waals surface area (Å²) < 4.78 is 0. The third-order valence-corrected chi connectivity index (χ3v) is 3.39. The minimum Gasteiger partial charge on any atom is -0.370 e. The van der Waals surface area contributed by atoms with E-state index in [9.17, 15) is 0 Å². The highest BCUT2D eigenvalue weighted by Gasteiger charge is 2.06. The molecule has 0 saturated heterocycles. The Labute approximate surface area is 123 Å². The highest BCUT2D eigenvalue weighted by atomic mass is 32.2. The lowest BCUT2D eigenvalue weighted by Crippen LogP contribution is -2.05. The minimum atomic E-state index is 0.706. The maximum absolute atomic E-state index is 4.51. The molecule has 0 unspecified atom stereocenters. The monoisotopic (exact) mass is 289 g/mol. The number of aromatic nitrogens is 4. The molecule has 0 atom stereocenters. The lowest BCUT2D eigenvalue weighted by molar-refractivity contribution is 0.872. The fourth-order valence-electron chi connectivity index (χ4n) is 1.55. The first-order chi connectivity index (χ1) is 9.71. The van der Waals surface area contributed by atoms with Gasteiger partial charge in [-0.25, -0.2) is 19.9 Å². The molecule has 0 aliphatic carbocycles. The van der Waals surface area contributed by atoms with Gasteiger partial charge in [0.05, 0.1) is 0 Å². The molecule has 2 aromatic rings. The first-order valence-corrected chi connectivity index (χ1v) is 7.61. The van der Waals surface area contributed by atoms with Crippen LogP contribution in [0.25, 0.3) is 0 Å². The van der Waals surface area contributed by atoms with Crippen LogP contribution in [0.4, 0.5) is 5.82 Å². The summed E-state index contributed by atoms with van der Waals surface area (Å²) in [6, 6.07) is 1.95. The van der Waals surface area contributed by atoms with E-state index in [0.29, 0.717) is 5.16 Å². The molecule has 0 aliphatic heterocycles. The van der Waals surface area contributed by atoms with E-state index in [1.165, 1.54) is 11.8 Å². The lowest BCUT2D eigenvalue weighted by atomic mass is 10.4. The minimum absolute atomic E-state index is 0.706. The zero-order valence-electron chi connectivity index (χ0n) is 12.1. The van der Waals surface area contributed by atoms with Gasteiger partial charge in [0.25, 0.3) is 0 Å². The van der Waals surface area contributed by atoms with Gasteiger partial charge in [-0.1, -0.05) is 13.8 Å². The summed E-state index contributed by atoms with van der Waals surface area (Å²) in [5, 5.41) is 4.88. The second-order valence-electron chi connectivity index (χ2n) is 4.43. The summed E-state index contributed by atoms with van der Waals surface area (Å²) in [4.78, 5) is 17.6. The molecule has 2 aromatic heterocycles. The summed E-state index contributed by atoms with van der Waals surface area (Å²) in [5.41, 5.74) is 1.05. The van der Waals surface area contributed by atoms with Crippen molar-refractivity contribution in [3.63, 3.8) is 0 Å². The lowest BCUT2D eigenvalue weighted by Gasteiger charge is -2.08. The Hall–Kier alpha value is -1.69. The molecule has 0 spiro atoms. The molecule has 2 heterocycles. The first-order valence-electron chi connectivity index (χ1n) is 6.79. The van der Waals surface area contributed by atoms with Crippen molar-refractivity contribution in [1.29, 1.82) is 0 Å². The third-order valence-electron chi connectivity index (χ3n) is 2.57. The van der Waals surface area contributed by atoms with Gasteiger partial charge in [-0.3, -0.25) is 0 Å². The van der Waals surface area contributed by atoms with Gasteiger partial charge in [0.15, 0.2) is 5.16 Å². The number of rotatable bonds is 6. The van der Waals surface area contributed by atoms with Crippen molar-refractivity contribution >= 4 is 17.6 Å². The topological polar surface area (TPSA) is 63.6 Å².